The van der Waals surface area contributed by atoms with Gasteiger partial charge in [-0.05, 0) is 31.4 Å². The number of nitrogens with zero attached hydrogens (tertiary/aromatic N) is 3. The zero-order valence-corrected chi connectivity index (χ0v) is 14.7. The summed E-state index contributed by atoms with van der Waals surface area (Å²) in [6.07, 6.45) is 5.26. The van der Waals surface area contributed by atoms with Crippen molar-refractivity contribution in [3.05, 3.63) is 30.1 Å². The molecule has 3 heterocycles. The van der Waals surface area contributed by atoms with E-state index in [0.717, 1.165) is 31.4 Å². The number of carbonyl (C=O) groups excluding carboxylic acids is 2. The Bertz CT molecular complexity index is 704. The highest BCUT2D eigenvalue weighted by atomic mass is 19.3. The smallest absolute Gasteiger partial charge is 0.282 e. The van der Waals surface area contributed by atoms with Gasteiger partial charge in [0, 0.05) is 36.3 Å². The largest absolute Gasteiger partial charge is 0.342 e. The van der Waals surface area contributed by atoms with E-state index in [0.29, 0.717) is 13.1 Å². The van der Waals surface area contributed by atoms with E-state index in [9.17, 15) is 18.4 Å². The minimum absolute atomic E-state index is 0.0224. The van der Waals surface area contributed by atoms with Gasteiger partial charge in [-0.15, -0.1) is 0 Å². The van der Waals surface area contributed by atoms with Gasteiger partial charge >= 0.3 is 0 Å². The molecule has 1 spiro atoms. The molecule has 2 aliphatic heterocycles. The van der Waals surface area contributed by atoms with E-state index in [2.05, 4.69) is 4.98 Å². The predicted molar refractivity (Wildman–Crippen MR) is 90.4 cm³/mol. The number of carbonyl (C=O) groups is 2. The Hall–Kier alpha value is -2.05. The van der Waals surface area contributed by atoms with Crippen LogP contribution in [-0.2, 0) is 16.0 Å². The summed E-state index contributed by atoms with van der Waals surface area (Å²) in [5.74, 6) is -3.09. The van der Waals surface area contributed by atoms with E-state index in [1.165, 1.54) is 4.90 Å². The second kappa shape index (κ2) is 6.28. The summed E-state index contributed by atoms with van der Waals surface area (Å²) in [7, 11) is 0. The number of pyridine rings is 1. The summed E-state index contributed by atoms with van der Waals surface area (Å²) >= 11 is 0. The number of hydrogen-bond donors (Lipinski definition) is 0. The van der Waals surface area contributed by atoms with Crippen LogP contribution < -0.4 is 0 Å². The molecule has 3 fully saturated rings. The fraction of sp³-hybridized carbons (Fsp3) is 0.632. The second-order valence-electron chi connectivity index (χ2n) is 7.92. The molecule has 2 atom stereocenters. The van der Waals surface area contributed by atoms with Crippen molar-refractivity contribution < 1.29 is 18.4 Å². The van der Waals surface area contributed by atoms with Crippen molar-refractivity contribution in [3.63, 3.8) is 0 Å². The normalized spacial score (nSPS) is 29.8. The van der Waals surface area contributed by atoms with Crippen LogP contribution >= 0.6 is 0 Å². The van der Waals surface area contributed by atoms with Crippen molar-refractivity contribution in [1.82, 2.24) is 14.8 Å². The van der Waals surface area contributed by atoms with Gasteiger partial charge in [0.15, 0.2) is 0 Å². The molecule has 1 aliphatic carbocycles. The van der Waals surface area contributed by atoms with Crippen LogP contribution in [0.25, 0.3) is 0 Å². The number of hydrogen-bond acceptors (Lipinski definition) is 3. The molecule has 1 aromatic heterocycles. The van der Waals surface area contributed by atoms with Crippen LogP contribution in [0, 0.1) is 11.3 Å². The molecule has 0 bridgehead atoms. The maximum Gasteiger partial charge on any atom is 0.282 e. The van der Waals surface area contributed by atoms with Gasteiger partial charge in [0.2, 0.25) is 11.8 Å². The van der Waals surface area contributed by atoms with Crippen LogP contribution in [0.5, 0.6) is 0 Å². The van der Waals surface area contributed by atoms with Gasteiger partial charge in [-0.25, -0.2) is 8.78 Å². The first-order chi connectivity index (χ1) is 12.4. The molecule has 5 nitrogen and oxygen atoms in total. The first-order valence-electron chi connectivity index (χ1n) is 9.23. The zero-order chi connectivity index (χ0) is 18.4. The average Bonchev–Trinajstić information content (AvgIpc) is 3.20. The number of likely N-dealkylation sites (tertiary alicyclic amines) is 2. The van der Waals surface area contributed by atoms with Crippen molar-refractivity contribution in [2.24, 2.45) is 11.3 Å². The number of aromatic nitrogens is 1. The summed E-state index contributed by atoms with van der Waals surface area (Å²) < 4.78 is 26.3. The number of amides is 2. The Balaban J connectivity index is 1.41. The first-order valence-corrected chi connectivity index (χ1v) is 9.23. The highest BCUT2D eigenvalue weighted by Crippen LogP contribution is 2.51. The lowest BCUT2D eigenvalue weighted by atomic mass is 9.76. The van der Waals surface area contributed by atoms with Gasteiger partial charge < -0.3 is 9.80 Å². The van der Waals surface area contributed by atoms with E-state index >= 15 is 0 Å². The third-order valence-electron chi connectivity index (χ3n) is 6.16. The molecule has 0 radical (unpaired) electrons. The van der Waals surface area contributed by atoms with E-state index in [1.807, 2.05) is 23.1 Å². The highest BCUT2D eigenvalue weighted by molar-refractivity contribution is 5.82. The lowest BCUT2D eigenvalue weighted by Crippen LogP contribution is -2.60. The van der Waals surface area contributed by atoms with Gasteiger partial charge in [0.05, 0.1) is 19.5 Å². The molecule has 26 heavy (non-hydrogen) atoms. The Morgan fingerprint density at radius 2 is 1.96 bits per heavy atom. The average molecular weight is 363 g/mol. The van der Waals surface area contributed by atoms with Crippen molar-refractivity contribution in [1.29, 1.82) is 0 Å². The van der Waals surface area contributed by atoms with Gasteiger partial charge in [-0.3, -0.25) is 14.6 Å². The molecule has 0 aromatic carbocycles. The molecule has 3 aliphatic rings. The third-order valence-corrected chi connectivity index (χ3v) is 6.16. The van der Waals surface area contributed by atoms with Crippen LogP contribution in [0.2, 0.25) is 0 Å². The Morgan fingerprint density at radius 1 is 1.15 bits per heavy atom. The van der Waals surface area contributed by atoms with Gasteiger partial charge in [-0.2, -0.15) is 0 Å². The molecule has 140 valence electrons. The topological polar surface area (TPSA) is 53.5 Å². The SMILES string of the molecule is O=C(Cc1ccccn1)N1CC[C@]2(CCC[C@@H]2C(=O)N2CC(F)(F)C2)C1. The summed E-state index contributed by atoms with van der Waals surface area (Å²) in [5.41, 5.74) is 0.502. The third kappa shape index (κ3) is 3.08. The van der Waals surface area contributed by atoms with Crippen LogP contribution in [0.4, 0.5) is 8.78 Å². The molecular weight excluding hydrogens is 340 g/mol. The number of alkyl halides is 2. The van der Waals surface area contributed by atoms with Gasteiger partial charge in [0.1, 0.15) is 0 Å². The Labute approximate surface area is 151 Å². The highest BCUT2D eigenvalue weighted by Gasteiger charge is 2.55. The quantitative estimate of drug-likeness (QED) is 0.827. The fourth-order valence-corrected chi connectivity index (χ4v) is 4.78. The second-order valence-corrected chi connectivity index (χ2v) is 7.92. The van der Waals surface area contributed by atoms with Crippen molar-refractivity contribution in [3.8, 4) is 0 Å². The van der Waals surface area contributed by atoms with E-state index in [1.54, 1.807) is 6.20 Å². The summed E-state index contributed by atoms with van der Waals surface area (Å²) in [6, 6.07) is 5.50. The van der Waals surface area contributed by atoms with Gasteiger partial charge in [-0.1, -0.05) is 12.5 Å². The van der Waals surface area contributed by atoms with Crippen LogP contribution in [0.3, 0.4) is 0 Å². The standard InChI is InChI=1S/C19H23F2N3O2/c20-19(21)12-24(13-19)17(26)15-5-3-6-18(15)7-9-23(11-18)16(25)10-14-4-1-2-8-22-14/h1-2,4,8,15H,3,5-7,9-13H2/t15-,18-/m1/s1. The van der Waals surface area contributed by atoms with Crippen molar-refractivity contribution >= 4 is 11.8 Å². The minimum Gasteiger partial charge on any atom is -0.342 e. The van der Waals surface area contributed by atoms with E-state index in [4.69, 9.17) is 0 Å². The van der Waals surface area contributed by atoms with Crippen LogP contribution in [0.1, 0.15) is 31.4 Å². The number of rotatable bonds is 3. The lowest BCUT2D eigenvalue weighted by Gasteiger charge is -2.42. The monoisotopic (exact) mass is 363 g/mol. The Morgan fingerprint density at radius 3 is 2.65 bits per heavy atom. The number of halogens is 2. The summed E-state index contributed by atoms with van der Waals surface area (Å²) in [4.78, 5) is 32.6. The molecular formula is C19H23F2N3O2. The van der Waals surface area contributed by atoms with Crippen LogP contribution in [0.15, 0.2) is 24.4 Å². The molecule has 4 rings (SSSR count). The van der Waals surface area contributed by atoms with Crippen LogP contribution in [-0.4, -0.2) is 58.7 Å². The van der Waals surface area contributed by atoms with Crippen molar-refractivity contribution in [2.45, 2.75) is 38.0 Å². The molecule has 1 aromatic rings. The minimum atomic E-state index is -2.73. The van der Waals surface area contributed by atoms with Crippen molar-refractivity contribution in [2.75, 3.05) is 26.2 Å². The molecule has 1 saturated carbocycles. The van der Waals surface area contributed by atoms with E-state index in [-0.39, 0.29) is 29.6 Å². The summed E-state index contributed by atoms with van der Waals surface area (Å²) in [6.45, 7) is 0.270. The molecule has 2 saturated heterocycles. The maximum absolute atomic E-state index is 13.1. The molecule has 7 heteroatoms. The fourth-order valence-electron chi connectivity index (χ4n) is 4.78. The predicted octanol–water partition coefficient (Wildman–Crippen LogP) is 2.12. The lowest BCUT2D eigenvalue weighted by molar-refractivity contribution is -0.172. The molecule has 0 unspecified atom stereocenters. The van der Waals surface area contributed by atoms with Gasteiger partial charge in [0.25, 0.3) is 5.92 Å². The maximum atomic E-state index is 13.1. The Kier molecular flexibility index (Phi) is 4.20. The molecule has 2 amide bonds. The first kappa shape index (κ1) is 17.4. The van der Waals surface area contributed by atoms with E-state index < -0.39 is 19.0 Å². The zero-order valence-electron chi connectivity index (χ0n) is 14.7. The molecule has 0 N–H and O–H groups in total. The summed E-state index contributed by atoms with van der Waals surface area (Å²) in [5, 5.41) is 0.